The molecule has 4 nitrogen and oxygen atoms in total. The van der Waals surface area contributed by atoms with Crippen LogP contribution in [0, 0.1) is 11.6 Å². The molecule has 1 aromatic carbocycles. The number of hydrogen-bond donors (Lipinski definition) is 1. The first kappa shape index (κ1) is 16.1. The van der Waals surface area contributed by atoms with E-state index < -0.39 is 17.7 Å². The van der Waals surface area contributed by atoms with Gasteiger partial charge >= 0.3 is 0 Å². The minimum atomic E-state index is -0.539. The summed E-state index contributed by atoms with van der Waals surface area (Å²) in [5.41, 5.74) is 1.30. The van der Waals surface area contributed by atoms with Gasteiger partial charge in [-0.25, -0.2) is 8.78 Å². The smallest absolute Gasteiger partial charge is 0.128 e. The van der Waals surface area contributed by atoms with Gasteiger partial charge in [-0.15, -0.1) is 0 Å². The Balaban J connectivity index is 1.83. The van der Waals surface area contributed by atoms with Gasteiger partial charge in [0.2, 0.25) is 0 Å². The van der Waals surface area contributed by atoms with Gasteiger partial charge in [0.1, 0.15) is 11.6 Å². The molecule has 0 aliphatic carbocycles. The van der Waals surface area contributed by atoms with Gasteiger partial charge in [0.15, 0.2) is 0 Å². The van der Waals surface area contributed by atoms with Crippen molar-refractivity contribution in [2.75, 3.05) is 6.54 Å². The molecule has 0 amide bonds. The second-order valence-corrected chi connectivity index (χ2v) is 6.42. The van der Waals surface area contributed by atoms with Crippen molar-refractivity contribution in [1.82, 2.24) is 14.7 Å². The molecule has 1 aliphatic heterocycles. The number of halogens is 2. The Morgan fingerprint density at radius 2 is 2.13 bits per heavy atom. The first-order chi connectivity index (χ1) is 10.9. The van der Waals surface area contributed by atoms with Crippen LogP contribution in [0.25, 0.3) is 0 Å². The van der Waals surface area contributed by atoms with Crippen LogP contribution >= 0.6 is 0 Å². The molecule has 1 N–H and O–H groups in total. The summed E-state index contributed by atoms with van der Waals surface area (Å²) >= 11 is 0. The van der Waals surface area contributed by atoms with Gasteiger partial charge in [-0.05, 0) is 38.5 Å². The number of benzene rings is 1. The molecule has 1 fully saturated rings. The quantitative estimate of drug-likeness (QED) is 0.941. The number of hydrogen-bond acceptors (Lipinski definition) is 3. The number of aromatic nitrogens is 2. The van der Waals surface area contributed by atoms with E-state index in [4.69, 9.17) is 0 Å². The van der Waals surface area contributed by atoms with Gasteiger partial charge in [0.05, 0.1) is 12.3 Å². The Bertz CT molecular complexity index is 686. The van der Waals surface area contributed by atoms with Crippen LogP contribution in [0.4, 0.5) is 8.78 Å². The van der Waals surface area contributed by atoms with Crippen LogP contribution in [0.3, 0.4) is 0 Å². The van der Waals surface area contributed by atoms with Crippen LogP contribution in [0.2, 0.25) is 0 Å². The highest BCUT2D eigenvalue weighted by atomic mass is 19.1. The summed E-state index contributed by atoms with van der Waals surface area (Å²) in [6.07, 6.45) is 3.60. The fourth-order valence-corrected chi connectivity index (χ4v) is 3.12. The predicted molar refractivity (Wildman–Crippen MR) is 82.7 cm³/mol. The first-order valence-corrected chi connectivity index (χ1v) is 7.84. The fraction of sp³-hybridized carbons (Fsp3) is 0.471. The molecular weight excluding hydrogens is 300 g/mol. The Morgan fingerprint density at radius 3 is 2.83 bits per heavy atom. The van der Waals surface area contributed by atoms with Gasteiger partial charge in [0.25, 0.3) is 0 Å². The SMILES string of the molecule is CC(C)n1cc(CN2C[C@@H](O)C[C@H]2c2cc(F)ccc2F)cn1. The highest BCUT2D eigenvalue weighted by Crippen LogP contribution is 2.35. The number of aliphatic hydroxyl groups excluding tert-OH is 1. The third-order valence-electron chi connectivity index (χ3n) is 4.27. The first-order valence-electron chi connectivity index (χ1n) is 7.84. The molecule has 0 saturated carbocycles. The van der Waals surface area contributed by atoms with E-state index in [-0.39, 0.29) is 12.1 Å². The van der Waals surface area contributed by atoms with Crippen molar-refractivity contribution in [3.8, 4) is 0 Å². The summed E-state index contributed by atoms with van der Waals surface area (Å²) in [7, 11) is 0. The molecule has 6 heteroatoms. The van der Waals surface area contributed by atoms with Crippen molar-refractivity contribution in [3.63, 3.8) is 0 Å². The van der Waals surface area contributed by atoms with E-state index in [1.165, 1.54) is 6.07 Å². The number of aliphatic hydroxyl groups is 1. The third-order valence-corrected chi connectivity index (χ3v) is 4.27. The van der Waals surface area contributed by atoms with E-state index >= 15 is 0 Å². The van der Waals surface area contributed by atoms with Crippen LogP contribution < -0.4 is 0 Å². The maximum atomic E-state index is 14.1. The number of nitrogens with zero attached hydrogens (tertiary/aromatic N) is 3. The van der Waals surface area contributed by atoms with Crippen molar-refractivity contribution in [2.24, 2.45) is 0 Å². The standard InChI is InChI=1S/C17H21F2N3O/c1-11(2)22-9-12(7-20-22)8-21-10-14(23)6-17(21)15-5-13(18)3-4-16(15)19/h3-5,7,9,11,14,17,23H,6,8,10H2,1-2H3/t14-,17-/m0/s1. The molecule has 23 heavy (non-hydrogen) atoms. The Morgan fingerprint density at radius 1 is 1.35 bits per heavy atom. The minimum Gasteiger partial charge on any atom is -0.392 e. The van der Waals surface area contributed by atoms with E-state index in [1.807, 2.05) is 29.6 Å². The van der Waals surface area contributed by atoms with Crippen molar-refractivity contribution in [2.45, 2.75) is 45.0 Å². The topological polar surface area (TPSA) is 41.3 Å². The van der Waals surface area contributed by atoms with Crippen molar-refractivity contribution in [1.29, 1.82) is 0 Å². The molecule has 0 unspecified atom stereocenters. The maximum absolute atomic E-state index is 14.1. The molecule has 0 bridgehead atoms. The van der Waals surface area contributed by atoms with Crippen molar-refractivity contribution in [3.05, 3.63) is 53.4 Å². The molecule has 1 aromatic heterocycles. The van der Waals surface area contributed by atoms with E-state index in [2.05, 4.69) is 5.10 Å². The average Bonchev–Trinajstić information content (AvgIpc) is 3.09. The fourth-order valence-electron chi connectivity index (χ4n) is 3.12. The van der Waals surface area contributed by atoms with Gasteiger partial charge in [-0.1, -0.05) is 0 Å². The molecule has 2 heterocycles. The highest BCUT2D eigenvalue weighted by molar-refractivity contribution is 5.24. The number of rotatable bonds is 4. The molecule has 3 rings (SSSR count). The van der Waals surface area contributed by atoms with Gasteiger partial charge in [-0.3, -0.25) is 9.58 Å². The normalized spacial score (nSPS) is 22.2. The monoisotopic (exact) mass is 321 g/mol. The van der Waals surface area contributed by atoms with E-state index in [0.29, 0.717) is 25.1 Å². The zero-order valence-electron chi connectivity index (χ0n) is 13.3. The summed E-state index contributed by atoms with van der Waals surface area (Å²) < 4.78 is 29.4. The molecule has 1 saturated heterocycles. The molecule has 2 aromatic rings. The summed E-state index contributed by atoms with van der Waals surface area (Å²) in [5, 5.41) is 14.3. The minimum absolute atomic E-state index is 0.268. The summed E-state index contributed by atoms with van der Waals surface area (Å²) in [6, 6.07) is 3.42. The zero-order valence-corrected chi connectivity index (χ0v) is 13.3. The van der Waals surface area contributed by atoms with Crippen LogP contribution in [-0.4, -0.2) is 32.4 Å². The lowest BCUT2D eigenvalue weighted by Crippen LogP contribution is -2.24. The lowest BCUT2D eigenvalue weighted by molar-refractivity contribution is 0.172. The highest BCUT2D eigenvalue weighted by Gasteiger charge is 2.34. The lowest BCUT2D eigenvalue weighted by atomic mass is 10.0. The van der Waals surface area contributed by atoms with E-state index in [9.17, 15) is 13.9 Å². The Kier molecular flexibility index (Phi) is 4.46. The molecule has 124 valence electrons. The van der Waals surface area contributed by atoms with Crippen LogP contribution in [0.5, 0.6) is 0 Å². The molecule has 2 atom stereocenters. The number of β-amino-alcohol motifs (C(OH)–C–C–N with tert-alkyl or cyclic N) is 1. The largest absolute Gasteiger partial charge is 0.392 e. The Labute approximate surface area is 134 Å². The van der Waals surface area contributed by atoms with Crippen LogP contribution in [-0.2, 0) is 6.54 Å². The third kappa shape index (κ3) is 3.43. The summed E-state index contributed by atoms with van der Waals surface area (Å²) in [4.78, 5) is 1.98. The second-order valence-electron chi connectivity index (χ2n) is 6.42. The molecule has 0 radical (unpaired) electrons. The van der Waals surface area contributed by atoms with E-state index in [0.717, 1.165) is 17.7 Å². The summed E-state index contributed by atoms with van der Waals surface area (Å²) in [5.74, 6) is -0.899. The second kappa shape index (κ2) is 6.37. The van der Waals surface area contributed by atoms with Crippen LogP contribution in [0.15, 0.2) is 30.6 Å². The van der Waals surface area contributed by atoms with E-state index in [1.54, 1.807) is 6.20 Å². The number of likely N-dealkylation sites (tertiary alicyclic amines) is 1. The Hall–Kier alpha value is -1.79. The van der Waals surface area contributed by atoms with Gasteiger partial charge in [-0.2, -0.15) is 5.10 Å². The van der Waals surface area contributed by atoms with Crippen LogP contribution in [0.1, 0.15) is 43.5 Å². The van der Waals surface area contributed by atoms with Crippen molar-refractivity contribution >= 4 is 0 Å². The van der Waals surface area contributed by atoms with Gasteiger partial charge in [0, 0.05) is 42.5 Å². The zero-order chi connectivity index (χ0) is 16.6. The maximum Gasteiger partial charge on any atom is 0.128 e. The van der Waals surface area contributed by atoms with Gasteiger partial charge < -0.3 is 5.11 Å². The molecular formula is C17H21F2N3O. The molecule has 1 aliphatic rings. The van der Waals surface area contributed by atoms with Crippen molar-refractivity contribution < 1.29 is 13.9 Å². The lowest BCUT2D eigenvalue weighted by Gasteiger charge is -2.24. The molecule has 0 spiro atoms. The average molecular weight is 321 g/mol. The summed E-state index contributed by atoms with van der Waals surface area (Å²) in [6.45, 7) is 5.07. The predicted octanol–water partition coefficient (Wildman–Crippen LogP) is 3.05.